The topological polar surface area (TPSA) is 102 Å². The van der Waals surface area contributed by atoms with Gasteiger partial charge in [0, 0.05) is 13.1 Å². The number of nitrogens with one attached hydrogen (secondary N) is 1. The number of esters is 2. The van der Waals surface area contributed by atoms with Gasteiger partial charge in [0.2, 0.25) is 0 Å². The maximum absolute atomic E-state index is 11.0. The zero-order chi connectivity index (χ0) is 43.9. The molecular formula is C37H42ClF9NO6P2Ru+3. The third-order valence-electron chi connectivity index (χ3n) is 6.61. The van der Waals surface area contributed by atoms with E-state index in [1.54, 1.807) is 17.3 Å². The van der Waals surface area contributed by atoms with Crippen molar-refractivity contribution < 1.29 is 85.8 Å². The van der Waals surface area contributed by atoms with Crippen molar-refractivity contribution in [1.82, 2.24) is 5.32 Å². The Morgan fingerprint density at radius 3 is 0.930 bits per heavy atom. The van der Waals surface area contributed by atoms with E-state index in [4.69, 9.17) is 9.90 Å². The van der Waals surface area contributed by atoms with E-state index in [2.05, 4.69) is 153 Å². The number of carbonyl (C=O) groups excluding carboxylic acids is 3. The van der Waals surface area contributed by atoms with Gasteiger partial charge in [-0.3, -0.25) is 6.79 Å². The molecule has 0 aliphatic heterocycles. The van der Waals surface area contributed by atoms with Crippen molar-refractivity contribution in [3.63, 3.8) is 0 Å². The van der Waals surface area contributed by atoms with E-state index in [0.29, 0.717) is 14.2 Å². The molecule has 0 saturated heterocycles. The summed E-state index contributed by atoms with van der Waals surface area (Å²) in [4.78, 5) is 26.7. The van der Waals surface area contributed by atoms with E-state index in [1.165, 1.54) is 33.5 Å². The van der Waals surface area contributed by atoms with Gasteiger partial charge in [-0.05, 0) is 48.5 Å². The monoisotopic (exact) mass is 966 g/mol. The van der Waals surface area contributed by atoms with Crippen LogP contribution in [0.2, 0.25) is 0 Å². The maximum atomic E-state index is 11.0. The zero-order valence-corrected chi connectivity index (χ0v) is 34.9. The van der Waals surface area contributed by atoms with Crippen LogP contribution in [0.4, 0.5) is 39.5 Å². The summed E-state index contributed by atoms with van der Waals surface area (Å²) in [5.74, 6) is -4.34. The minimum absolute atomic E-state index is 0.676. The first-order valence-electron chi connectivity index (χ1n) is 15.9. The molecule has 0 fully saturated rings. The predicted octanol–water partition coefficient (Wildman–Crippen LogP) is 6.44. The van der Waals surface area contributed by atoms with Crippen molar-refractivity contribution in [2.24, 2.45) is 0 Å². The van der Waals surface area contributed by atoms with Crippen LogP contribution in [0.25, 0.3) is 0 Å². The van der Waals surface area contributed by atoms with E-state index >= 15 is 0 Å². The quantitative estimate of drug-likeness (QED) is 0.0360. The summed E-state index contributed by atoms with van der Waals surface area (Å²) in [5, 5.41) is 17.0. The Kier molecular flexibility index (Phi) is 30.8. The molecule has 57 heavy (non-hydrogen) atoms. The van der Waals surface area contributed by atoms with Crippen LogP contribution in [0, 0.1) is 0 Å². The van der Waals surface area contributed by atoms with Crippen LogP contribution in [0.5, 0.6) is 0 Å². The molecule has 20 heteroatoms. The molecular weight excluding hydrogens is 924 g/mol. The van der Waals surface area contributed by atoms with Gasteiger partial charge in [-0.25, -0.2) is 9.59 Å². The number of methoxy groups -OCH3 is 2. The molecule has 4 aromatic rings. The fourth-order valence-electron chi connectivity index (χ4n) is 4.25. The number of alkyl halides is 9. The Labute approximate surface area is 341 Å². The summed E-state index contributed by atoms with van der Waals surface area (Å²) >= 11 is 1.62. The Morgan fingerprint density at radius 1 is 0.579 bits per heavy atom. The van der Waals surface area contributed by atoms with E-state index in [9.17, 15) is 49.1 Å². The average Bonchev–Trinajstić information content (AvgIpc) is 3.22. The molecule has 4 rings (SSSR count). The molecule has 0 amide bonds. The van der Waals surface area contributed by atoms with Gasteiger partial charge < -0.3 is 24.7 Å². The second-order valence-corrected chi connectivity index (χ2v) is 15.6. The first kappa shape index (κ1) is 55.7. The molecule has 2 N–H and O–H groups in total. The Bertz CT molecular complexity index is 1410. The Hall–Kier alpha value is -3.45. The van der Waals surface area contributed by atoms with Crippen LogP contribution in [0.3, 0.4) is 0 Å². The van der Waals surface area contributed by atoms with Crippen molar-refractivity contribution in [3.8, 4) is 0 Å². The fraction of sp³-hybridized carbons (Fsp3) is 0.270. The molecule has 0 saturated carbocycles. The van der Waals surface area contributed by atoms with Gasteiger partial charge in [0.05, 0.1) is 63.6 Å². The zero-order valence-electron chi connectivity index (χ0n) is 30.3. The minimum Gasteiger partial charge on any atom is -0.310 e. The van der Waals surface area contributed by atoms with Crippen LogP contribution in [-0.2, 0) is 41.2 Å². The smallest absolute Gasteiger partial charge is 0.0967 e. The van der Waals surface area contributed by atoms with Gasteiger partial charge in [0.1, 0.15) is 6.61 Å². The van der Waals surface area contributed by atoms with Gasteiger partial charge in [0.15, 0.2) is 0 Å². The maximum Gasteiger partial charge on any atom is 0.0967 e. The molecule has 0 aliphatic carbocycles. The second-order valence-electron chi connectivity index (χ2n) is 10.4. The summed E-state index contributed by atoms with van der Waals surface area (Å²) in [5.41, 5.74) is 0. The molecule has 0 spiro atoms. The number of halogens is 10. The van der Waals surface area contributed by atoms with Crippen molar-refractivity contribution in [1.29, 1.82) is 0 Å². The van der Waals surface area contributed by atoms with Crippen LogP contribution in [-0.4, -0.2) is 88.6 Å². The summed E-state index contributed by atoms with van der Waals surface area (Å²) < 4.78 is 104. The van der Waals surface area contributed by atoms with Gasteiger partial charge in [-0.15, -0.1) is 0 Å². The molecule has 0 bridgehead atoms. The van der Waals surface area contributed by atoms with Gasteiger partial charge >= 0.3 is 57.5 Å². The molecule has 316 valence electrons. The number of hydrogen-bond acceptors (Lipinski definition) is 7. The number of aliphatic hydroxyl groups is 1. The first-order valence-corrected chi connectivity index (χ1v) is 21.7. The largest absolute Gasteiger partial charge is 0.310 e. The molecule has 0 aliphatic rings. The molecule has 0 radical (unpaired) electrons. The summed E-state index contributed by atoms with van der Waals surface area (Å²) in [6, 6.07) is 44.2. The number of benzene rings is 4. The van der Waals surface area contributed by atoms with Crippen molar-refractivity contribution >= 4 is 65.5 Å². The molecule has 7 nitrogen and oxygen atoms in total. The third kappa shape index (κ3) is 26.2. The number of hydrogen-bond donors (Lipinski definition) is 2. The first-order chi connectivity index (χ1) is 26.9. The molecule has 4 aromatic carbocycles. The summed E-state index contributed by atoms with van der Waals surface area (Å²) in [7, 11) is 4.45. The van der Waals surface area contributed by atoms with E-state index in [-0.39, 0.29) is 0 Å². The average molecular weight is 966 g/mol. The van der Waals surface area contributed by atoms with Crippen LogP contribution in [0.15, 0.2) is 121 Å². The van der Waals surface area contributed by atoms with Crippen molar-refractivity contribution in [2.75, 3.05) is 46.2 Å². The van der Waals surface area contributed by atoms with Gasteiger partial charge in [0.25, 0.3) is 0 Å². The van der Waals surface area contributed by atoms with Gasteiger partial charge in [-0.2, -0.15) is 39.5 Å². The van der Waals surface area contributed by atoms with E-state index in [0.717, 1.165) is 13.1 Å². The van der Waals surface area contributed by atoms with Crippen molar-refractivity contribution in [3.05, 3.63) is 121 Å². The summed E-state index contributed by atoms with van der Waals surface area (Å²) in [6.07, 6.45) is -11.7. The van der Waals surface area contributed by atoms with Crippen molar-refractivity contribution in [2.45, 2.75) is 18.5 Å². The minimum atomic E-state index is -4.85. The van der Waals surface area contributed by atoms with E-state index in [1.807, 2.05) is 0 Å². The molecule has 0 atom stereocenters. The van der Waals surface area contributed by atoms with E-state index < -0.39 is 52.9 Å². The summed E-state index contributed by atoms with van der Waals surface area (Å²) in [6.45, 7) is 3.65. The Morgan fingerprint density at radius 2 is 0.789 bits per heavy atom. The van der Waals surface area contributed by atoms with Crippen LogP contribution < -0.4 is 26.5 Å². The number of rotatable bonds is 10. The standard InChI is InChI=1S/C28H29NP2.2C3H3F3O2.C2H3F3O.CHO.ClH.Ru.H/c1-5-13-25(14-6-1)30(26-15-7-2-8-16-26)23-21-29-22-24-31(27-17-9-3-10-18-27)28-19-11-4-12-20-28;2*1-8-2(7)3(4,5)6;3-2(4,5)1-6;1-2;;;/h1-20,29H,21-24H2;2*1H3;6H,1H2;1H;1H;;/q;;;;-1;;+3;/p+1. The van der Waals surface area contributed by atoms with Crippen LogP contribution >= 0.6 is 25.5 Å². The molecule has 0 unspecified atom stereocenters. The second kappa shape index (κ2) is 31.5. The third-order valence-corrected chi connectivity index (χ3v) is 12.2. The SMILES string of the molecule is COC(=O)C(F)(F)F.COC(=O)C(F)(F)F.OCC(F)(F)F.[CH-]=O.[Cl][RuH+2].c1ccc([PH+](CCNCC[PH+](c2ccccc2)c2ccccc2)c2ccccc2)cc1. The molecule has 0 heterocycles. The van der Waals surface area contributed by atoms with Crippen LogP contribution in [0.1, 0.15) is 0 Å². The normalized spacial score (nSPS) is 10.6. The number of ether oxygens (including phenoxy) is 2. The Balaban J connectivity index is 0. The molecule has 0 aromatic heterocycles. The fourth-order valence-corrected chi connectivity index (χ4v) is 9.31. The predicted molar refractivity (Wildman–Crippen MR) is 207 cm³/mol. The number of carbonyl (C=O) groups is 2. The number of aliphatic hydroxyl groups excluding tert-OH is 1. The van der Waals surface area contributed by atoms with Gasteiger partial charge in [-0.1, -0.05) is 72.8 Å².